The van der Waals surface area contributed by atoms with E-state index in [9.17, 15) is 0 Å². The number of aromatic amines is 1. The lowest BCUT2D eigenvalue weighted by molar-refractivity contribution is 1.07. The fraction of sp³-hybridized carbons (Fsp3) is 0.133. The number of hydrogen-bond acceptors (Lipinski definition) is 2. The lowest BCUT2D eigenvalue weighted by Gasteiger charge is -2.03. The number of benzene rings is 2. The van der Waals surface area contributed by atoms with Gasteiger partial charge in [-0.2, -0.15) is 5.10 Å². The molecule has 19 heavy (non-hydrogen) atoms. The second-order valence-electron chi connectivity index (χ2n) is 4.42. The first kappa shape index (κ1) is 12.6. The van der Waals surface area contributed by atoms with Gasteiger partial charge in [0.1, 0.15) is 0 Å². The van der Waals surface area contributed by atoms with E-state index in [1.165, 1.54) is 5.56 Å². The minimum Gasteiger partial charge on any atom is -0.282 e. The Hall–Kier alpha value is -1.45. The minimum absolute atomic E-state index is 0.763. The summed E-state index contributed by atoms with van der Waals surface area (Å²) in [6, 6.07) is 14.5. The van der Waals surface area contributed by atoms with Gasteiger partial charge in [0.15, 0.2) is 0 Å². The Kier molecular flexibility index (Phi) is 3.49. The molecule has 3 aromatic rings. The molecule has 0 fully saturated rings. The number of nitrogens with one attached hydrogen (secondary N) is 1. The van der Waals surface area contributed by atoms with E-state index in [-0.39, 0.29) is 0 Å². The first-order valence-electron chi connectivity index (χ1n) is 6.05. The van der Waals surface area contributed by atoms with Crippen LogP contribution in [0, 0.1) is 6.92 Å². The lowest BCUT2D eigenvalue weighted by atomic mass is 10.2. The number of nitrogens with zero attached hydrogens (tertiary/aromatic N) is 1. The number of aromatic nitrogens is 2. The molecule has 2 aromatic carbocycles. The van der Waals surface area contributed by atoms with Crippen LogP contribution in [0.2, 0.25) is 5.02 Å². The van der Waals surface area contributed by atoms with Crippen molar-refractivity contribution in [3.8, 4) is 0 Å². The van der Waals surface area contributed by atoms with Gasteiger partial charge < -0.3 is 0 Å². The molecule has 0 aliphatic carbocycles. The van der Waals surface area contributed by atoms with E-state index in [4.69, 9.17) is 11.6 Å². The number of H-pyrrole nitrogens is 1. The quantitative estimate of drug-likeness (QED) is 0.700. The van der Waals surface area contributed by atoms with E-state index in [1.807, 2.05) is 19.1 Å². The van der Waals surface area contributed by atoms with Gasteiger partial charge in [-0.15, -0.1) is 11.8 Å². The van der Waals surface area contributed by atoms with Crippen molar-refractivity contribution in [2.75, 3.05) is 0 Å². The number of aryl methyl sites for hydroxylation is 1. The fourth-order valence-electron chi connectivity index (χ4n) is 2.05. The zero-order valence-corrected chi connectivity index (χ0v) is 12.1. The molecule has 96 valence electrons. The highest BCUT2D eigenvalue weighted by atomic mass is 35.5. The SMILES string of the molecule is Cc1[nH]nc2cc(SCc3ccccc3)cc(Cl)c12. The van der Waals surface area contributed by atoms with Gasteiger partial charge in [0.25, 0.3) is 0 Å². The zero-order valence-electron chi connectivity index (χ0n) is 10.5. The van der Waals surface area contributed by atoms with Crippen molar-refractivity contribution < 1.29 is 0 Å². The molecule has 0 unspecified atom stereocenters. The Morgan fingerprint density at radius 2 is 2.00 bits per heavy atom. The topological polar surface area (TPSA) is 28.7 Å². The van der Waals surface area contributed by atoms with Crippen molar-refractivity contribution in [2.24, 2.45) is 0 Å². The Morgan fingerprint density at radius 1 is 1.21 bits per heavy atom. The highest BCUT2D eigenvalue weighted by Gasteiger charge is 2.08. The van der Waals surface area contributed by atoms with Crippen molar-refractivity contribution in [3.63, 3.8) is 0 Å². The maximum Gasteiger partial charge on any atom is 0.0949 e. The molecule has 2 nitrogen and oxygen atoms in total. The molecule has 0 atom stereocenters. The third-order valence-electron chi connectivity index (χ3n) is 3.01. The second kappa shape index (κ2) is 5.27. The number of hydrogen-bond donors (Lipinski definition) is 1. The summed E-state index contributed by atoms with van der Waals surface area (Å²) in [6.07, 6.45) is 0. The molecule has 0 amide bonds. The molecular formula is C15H13ClN2S. The lowest BCUT2D eigenvalue weighted by Crippen LogP contribution is -1.81. The molecule has 0 radical (unpaired) electrons. The molecule has 1 heterocycles. The molecule has 0 saturated heterocycles. The van der Waals surface area contributed by atoms with Gasteiger partial charge in [-0.05, 0) is 24.6 Å². The van der Waals surface area contributed by atoms with E-state index in [2.05, 4.69) is 40.5 Å². The highest BCUT2D eigenvalue weighted by Crippen LogP contribution is 2.32. The standard InChI is InChI=1S/C15H13ClN2S/c1-10-15-13(16)7-12(8-14(15)18-17-10)19-9-11-5-3-2-4-6-11/h2-8H,9H2,1H3,(H,17,18). The Labute approximate surface area is 121 Å². The van der Waals surface area contributed by atoms with E-state index >= 15 is 0 Å². The summed E-state index contributed by atoms with van der Waals surface area (Å²) in [6.45, 7) is 1.98. The fourth-order valence-corrected chi connectivity index (χ4v) is 3.39. The number of rotatable bonds is 3. The molecule has 0 spiro atoms. The van der Waals surface area contributed by atoms with Crippen LogP contribution < -0.4 is 0 Å². The van der Waals surface area contributed by atoms with Crippen LogP contribution >= 0.6 is 23.4 Å². The summed E-state index contributed by atoms with van der Waals surface area (Å²) in [7, 11) is 0. The number of halogens is 1. The van der Waals surface area contributed by atoms with E-state index < -0.39 is 0 Å². The van der Waals surface area contributed by atoms with Crippen LogP contribution in [-0.2, 0) is 5.75 Å². The Bertz CT molecular complexity index is 707. The van der Waals surface area contributed by atoms with Gasteiger partial charge in [-0.1, -0.05) is 41.9 Å². The average molecular weight is 289 g/mol. The van der Waals surface area contributed by atoms with Crippen LogP contribution in [0.25, 0.3) is 10.9 Å². The smallest absolute Gasteiger partial charge is 0.0949 e. The summed E-state index contributed by atoms with van der Waals surface area (Å²) in [4.78, 5) is 1.15. The summed E-state index contributed by atoms with van der Waals surface area (Å²) in [5, 5.41) is 9.03. The van der Waals surface area contributed by atoms with Crippen LogP contribution in [0.1, 0.15) is 11.3 Å². The van der Waals surface area contributed by atoms with Crippen LogP contribution in [0.15, 0.2) is 47.4 Å². The van der Waals surface area contributed by atoms with Crippen molar-refractivity contribution in [1.82, 2.24) is 10.2 Å². The second-order valence-corrected chi connectivity index (χ2v) is 5.88. The van der Waals surface area contributed by atoms with Crippen molar-refractivity contribution in [1.29, 1.82) is 0 Å². The normalized spacial score (nSPS) is 11.1. The predicted molar refractivity (Wildman–Crippen MR) is 81.8 cm³/mol. The molecule has 0 aliphatic heterocycles. The Balaban J connectivity index is 1.86. The van der Waals surface area contributed by atoms with Crippen molar-refractivity contribution in [3.05, 3.63) is 58.7 Å². The van der Waals surface area contributed by atoms with E-state index in [0.717, 1.165) is 32.3 Å². The summed E-state index contributed by atoms with van der Waals surface area (Å²) in [5.74, 6) is 0.937. The first-order chi connectivity index (χ1) is 9.24. The Morgan fingerprint density at radius 3 is 2.79 bits per heavy atom. The highest BCUT2D eigenvalue weighted by molar-refractivity contribution is 7.98. The van der Waals surface area contributed by atoms with Crippen LogP contribution in [0.3, 0.4) is 0 Å². The predicted octanol–water partition coefficient (Wildman–Crippen LogP) is 4.82. The van der Waals surface area contributed by atoms with Crippen molar-refractivity contribution >= 4 is 34.3 Å². The van der Waals surface area contributed by atoms with E-state index in [1.54, 1.807) is 11.8 Å². The molecule has 1 N–H and O–H groups in total. The minimum atomic E-state index is 0.763. The van der Waals surface area contributed by atoms with Gasteiger partial charge in [-0.3, -0.25) is 5.10 Å². The maximum absolute atomic E-state index is 6.32. The monoisotopic (exact) mass is 288 g/mol. The first-order valence-corrected chi connectivity index (χ1v) is 7.41. The van der Waals surface area contributed by atoms with Gasteiger partial charge in [0, 0.05) is 21.7 Å². The molecule has 0 bridgehead atoms. The molecule has 4 heteroatoms. The van der Waals surface area contributed by atoms with E-state index in [0.29, 0.717) is 0 Å². The average Bonchev–Trinajstić information content (AvgIpc) is 2.80. The molecule has 0 aliphatic rings. The third kappa shape index (κ3) is 2.62. The summed E-state index contributed by atoms with van der Waals surface area (Å²) >= 11 is 8.09. The van der Waals surface area contributed by atoms with Crippen molar-refractivity contribution in [2.45, 2.75) is 17.6 Å². The van der Waals surface area contributed by atoms with Gasteiger partial charge in [-0.25, -0.2) is 0 Å². The molecular weight excluding hydrogens is 276 g/mol. The number of thioether (sulfide) groups is 1. The molecule has 3 rings (SSSR count). The molecule has 1 aromatic heterocycles. The zero-order chi connectivity index (χ0) is 13.2. The summed E-state index contributed by atoms with van der Waals surface area (Å²) < 4.78 is 0. The van der Waals surface area contributed by atoms with Gasteiger partial charge >= 0.3 is 0 Å². The van der Waals surface area contributed by atoms with Gasteiger partial charge in [0.05, 0.1) is 10.5 Å². The maximum atomic E-state index is 6.32. The van der Waals surface area contributed by atoms with Crippen LogP contribution in [0.5, 0.6) is 0 Å². The van der Waals surface area contributed by atoms with Crippen LogP contribution in [-0.4, -0.2) is 10.2 Å². The number of fused-ring (bicyclic) bond motifs is 1. The van der Waals surface area contributed by atoms with Crippen LogP contribution in [0.4, 0.5) is 0 Å². The summed E-state index contributed by atoms with van der Waals surface area (Å²) in [5.41, 5.74) is 3.25. The molecule has 0 saturated carbocycles. The largest absolute Gasteiger partial charge is 0.282 e. The van der Waals surface area contributed by atoms with Gasteiger partial charge in [0.2, 0.25) is 0 Å². The third-order valence-corrected chi connectivity index (χ3v) is 4.36.